The summed E-state index contributed by atoms with van der Waals surface area (Å²) in [5, 5.41) is 15.2. The highest BCUT2D eigenvalue weighted by atomic mass is 16.5. The molecule has 10 heteroatoms. The largest absolute Gasteiger partial charge is 0.395 e. The first-order chi connectivity index (χ1) is 44.5. The fraction of sp³-hybridized carbons (Fsp3) is 0.565. The molecule has 0 amide bonds. The maximum absolute atomic E-state index is 11.4. The van der Waals surface area contributed by atoms with E-state index in [0.717, 1.165) is 91.5 Å². The van der Waals surface area contributed by atoms with Crippen LogP contribution in [-0.4, -0.2) is 142 Å². The average molecular weight is 1300 g/mol. The Hall–Kier alpha value is -5.37. The first-order valence-electron chi connectivity index (χ1n) is 35.6. The number of ether oxygens (including phenoxy) is 1. The number of likely N-dealkylation sites (N-methyl/N-ethyl adjacent to an activating group) is 2. The molecule has 0 unspecified atom stereocenters. The lowest BCUT2D eigenvalue weighted by Crippen LogP contribution is -2.43. The molecule has 0 radical (unpaired) electrons. The molecule has 0 atom stereocenters. The fourth-order valence-corrected chi connectivity index (χ4v) is 11.8. The normalized spacial score (nSPS) is 15.6. The van der Waals surface area contributed by atoms with Gasteiger partial charge in [-0.25, -0.2) is 0 Å². The van der Waals surface area contributed by atoms with Gasteiger partial charge in [0.2, 0.25) is 0 Å². The Morgan fingerprint density at radius 2 is 0.884 bits per heavy atom. The van der Waals surface area contributed by atoms with Crippen LogP contribution in [0, 0.1) is 0 Å². The van der Waals surface area contributed by atoms with Gasteiger partial charge in [-0.1, -0.05) is 270 Å². The number of nitrogens with one attached hydrogen (secondary N) is 2. The van der Waals surface area contributed by atoms with Gasteiger partial charge in [0.1, 0.15) is 5.78 Å². The maximum Gasteiger partial charge on any atom is 0.146 e. The Kier molecular flexibility index (Phi) is 33.9. The number of aliphatic hydroxyl groups is 1. The molecule has 3 fully saturated rings. The summed E-state index contributed by atoms with van der Waals surface area (Å²) >= 11 is 0. The molecule has 95 heavy (non-hydrogen) atoms. The number of benzene rings is 6. The number of aliphatic hydroxyl groups excluding tert-OH is 1. The quantitative estimate of drug-likeness (QED) is 0.0980. The topological polar surface area (TPSA) is 86.8 Å². The molecule has 3 heterocycles. The van der Waals surface area contributed by atoms with E-state index in [0.29, 0.717) is 12.3 Å². The van der Waals surface area contributed by atoms with Crippen molar-refractivity contribution in [3.8, 4) is 0 Å². The molecule has 3 aliphatic heterocycles. The van der Waals surface area contributed by atoms with Gasteiger partial charge in [-0.2, -0.15) is 0 Å². The number of nitrogens with zero attached hydrogens (tertiary/aromatic N) is 5. The van der Waals surface area contributed by atoms with Gasteiger partial charge in [0.15, 0.2) is 0 Å². The van der Waals surface area contributed by atoms with Crippen LogP contribution in [0.15, 0.2) is 146 Å². The molecule has 3 aliphatic rings. The third-order valence-electron chi connectivity index (χ3n) is 17.8. The highest BCUT2D eigenvalue weighted by Crippen LogP contribution is 2.30. The summed E-state index contributed by atoms with van der Waals surface area (Å²) in [7, 11) is 8.19. The first kappa shape index (κ1) is 82.1. The number of hydrogen-bond donors (Lipinski definition) is 3. The lowest BCUT2D eigenvalue weighted by atomic mass is 9.83. The third kappa shape index (κ3) is 31.4. The number of Topliss-reactive ketones (excluding diaryl/α,β-unsaturated/α-hetero) is 1. The summed E-state index contributed by atoms with van der Waals surface area (Å²) in [6, 6.07) is 52.8. The highest BCUT2D eigenvalue weighted by Gasteiger charge is 2.23. The smallest absolute Gasteiger partial charge is 0.146 e. The molecule has 0 saturated carbocycles. The zero-order valence-electron chi connectivity index (χ0n) is 64.0. The van der Waals surface area contributed by atoms with Crippen LogP contribution in [-0.2, 0) is 81.3 Å². The molecule has 3 N–H and O–H groups in total. The number of piperazine rings is 1. The molecule has 0 bridgehead atoms. The van der Waals surface area contributed by atoms with Crippen molar-refractivity contribution in [2.45, 2.75) is 209 Å². The molecule has 10 nitrogen and oxygen atoms in total. The molecule has 6 aromatic rings. The number of hydrogen-bond acceptors (Lipinski definition) is 10. The van der Waals surface area contributed by atoms with Crippen LogP contribution >= 0.6 is 0 Å². The Morgan fingerprint density at radius 3 is 1.37 bits per heavy atom. The van der Waals surface area contributed by atoms with Crippen molar-refractivity contribution >= 4 is 5.78 Å². The molecular formula is C85H133N7O3. The maximum atomic E-state index is 11.4. The standard InChI is InChI=1S/C16H26N2.C16H23NO.C15H23NO.C14H23NO.2C12H19N/c1-16(2,3)15-7-5-14(6-8-15)13-18-11-9-17(4)10-12-18;1-16(2,3)14-7-4-6-13(10-14)11-17-9-5-8-15(18)12-17;1-15(2,3)14-7-5-4-6-13(14)12-16-8-10-17-11-9-16;1-14(2,3)13-7-5-6-12(10-13)11-15(4)8-9-16;1-12(2,3)11-7-5-6-10(8-11)9-13-4;1-12(2,3)11-8-6-5-7-10(11)9-13-4/h5-8H,9-13H2,1-4H3;4,6-7,10H,5,8-9,11-12H2,1-3H3;4-7H,8-12H2,1-3H3;5-7,10,16H,8-9,11H2,1-4H3;2*5-8,13H,9H2,1-4H3. The van der Waals surface area contributed by atoms with Crippen molar-refractivity contribution in [2.24, 2.45) is 0 Å². The minimum absolute atomic E-state index is 0.188. The van der Waals surface area contributed by atoms with Gasteiger partial charge in [0.25, 0.3) is 0 Å². The van der Waals surface area contributed by atoms with Crippen molar-refractivity contribution in [1.82, 2.24) is 35.1 Å². The lowest BCUT2D eigenvalue weighted by Gasteiger charge is -2.32. The van der Waals surface area contributed by atoms with Crippen LogP contribution in [0.5, 0.6) is 0 Å². The van der Waals surface area contributed by atoms with Crippen molar-refractivity contribution < 1.29 is 14.6 Å². The van der Waals surface area contributed by atoms with Crippen molar-refractivity contribution in [2.75, 3.05) is 107 Å². The second kappa shape index (κ2) is 39.3. The van der Waals surface area contributed by atoms with Crippen LogP contribution in [0.25, 0.3) is 0 Å². The predicted molar refractivity (Wildman–Crippen MR) is 408 cm³/mol. The molecule has 0 aliphatic carbocycles. The SMILES string of the molecule is CC(C)(C)c1cccc(CN2CCCC(=O)C2)c1.CC(C)(C)c1ccccc1CN1CCOCC1.CN(CCO)Cc1cccc(C(C)(C)C)c1.CN1CCN(Cc2ccc(C(C)(C)C)cc2)CC1.CNCc1cccc(C(C)(C)C)c1.CNCc1ccccc1C(C)(C)C. The van der Waals surface area contributed by atoms with E-state index in [-0.39, 0.29) is 39.1 Å². The first-order valence-corrected chi connectivity index (χ1v) is 35.6. The second-order valence-electron chi connectivity index (χ2n) is 33.0. The Labute approximate surface area is 581 Å². The Morgan fingerprint density at radius 1 is 0.442 bits per heavy atom. The van der Waals surface area contributed by atoms with Crippen LogP contribution in [0.3, 0.4) is 0 Å². The van der Waals surface area contributed by atoms with Gasteiger partial charge in [-0.3, -0.25) is 24.4 Å². The number of carbonyl (C=O) groups is 1. The lowest BCUT2D eigenvalue weighted by molar-refractivity contribution is -0.122. The Balaban J connectivity index is 0.000000244. The van der Waals surface area contributed by atoms with E-state index >= 15 is 0 Å². The summed E-state index contributed by atoms with van der Waals surface area (Å²) < 4.78 is 5.39. The van der Waals surface area contributed by atoms with E-state index in [4.69, 9.17) is 9.84 Å². The van der Waals surface area contributed by atoms with Gasteiger partial charge in [-0.05, 0) is 140 Å². The number of morpholine rings is 1. The van der Waals surface area contributed by atoms with E-state index in [1.807, 2.05) is 21.1 Å². The van der Waals surface area contributed by atoms with E-state index in [2.05, 4.69) is 312 Å². The average Bonchev–Trinajstić information content (AvgIpc) is 0.876. The number of ketones is 1. The van der Waals surface area contributed by atoms with Crippen molar-refractivity contribution in [3.63, 3.8) is 0 Å². The molecule has 9 rings (SSSR count). The van der Waals surface area contributed by atoms with E-state index in [1.54, 1.807) is 0 Å². The van der Waals surface area contributed by atoms with E-state index in [9.17, 15) is 4.79 Å². The second-order valence-corrected chi connectivity index (χ2v) is 33.0. The summed E-state index contributed by atoms with van der Waals surface area (Å²) in [6.07, 6.45) is 1.77. The predicted octanol–water partition coefficient (Wildman–Crippen LogP) is 16.5. The van der Waals surface area contributed by atoms with Gasteiger partial charge in [-0.15, -0.1) is 0 Å². The monoisotopic (exact) mass is 1300 g/mol. The summed E-state index contributed by atoms with van der Waals surface area (Å²) in [5.74, 6) is 0.383. The number of piperidine rings is 1. The van der Waals surface area contributed by atoms with Crippen LogP contribution < -0.4 is 10.6 Å². The molecule has 0 spiro atoms. The van der Waals surface area contributed by atoms with Gasteiger partial charge in [0, 0.05) is 91.5 Å². The fourth-order valence-electron chi connectivity index (χ4n) is 11.8. The van der Waals surface area contributed by atoms with Crippen molar-refractivity contribution in [1.29, 1.82) is 0 Å². The number of likely N-dealkylation sites (tertiary alicyclic amines) is 1. The third-order valence-corrected chi connectivity index (χ3v) is 17.8. The molecule has 526 valence electrons. The Bertz CT molecular complexity index is 3120. The zero-order valence-corrected chi connectivity index (χ0v) is 64.0. The van der Waals surface area contributed by atoms with Gasteiger partial charge in [0.05, 0.1) is 26.4 Å². The molecule has 6 aromatic carbocycles. The summed E-state index contributed by atoms with van der Waals surface area (Å²) in [5.41, 5.74) is 18.1. The summed E-state index contributed by atoms with van der Waals surface area (Å²) in [6.45, 7) is 57.6. The van der Waals surface area contributed by atoms with E-state index in [1.165, 1.54) is 92.9 Å². The van der Waals surface area contributed by atoms with Crippen LogP contribution in [0.4, 0.5) is 0 Å². The van der Waals surface area contributed by atoms with Gasteiger partial charge >= 0.3 is 0 Å². The number of rotatable bonds is 14. The van der Waals surface area contributed by atoms with Crippen LogP contribution in [0.2, 0.25) is 0 Å². The van der Waals surface area contributed by atoms with E-state index < -0.39 is 0 Å². The molecule has 0 aromatic heterocycles. The molecule has 3 saturated heterocycles. The van der Waals surface area contributed by atoms with Crippen molar-refractivity contribution in [3.05, 3.63) is 212 Å². The minimum Gasteiger partial charge on any atom is -0.395 e. The minimum atomic E-state index is 0.188. The zero-order chi connectivity index (χ0) is 70.6. The number of carbonyl (C=O) groups excluding carboxylic acids is 1. The highest BCUT2D eigenvalue weighted by molar-refractivity contribution is 5.81. The van der Waals surface area contributed by atoms with Gasteiger partial charge < -0.3 is 25.4 Å². The molecular weight excluding hydrogens is 1170 g/mol. The van der Waals surface area contributed by atoms with Crippen LogP contribution in [0.1, 0.15) is 204 Å². The summed E-state index contributed by atoms with van der Waals surface area (Å²) in [4.78, 5) is 23.3.